The maximum absolute atomic E-state index is 13.5. The number of nitrogens with one attached hydrogen (secondary N) is 1. The minimum atomic E-state index is -4.01. The van der Waals surface area contributed by atoms with Gasteiger partial charge in [-0.05, 0) is 56.2 Å². The number of rotatable bonds is 8. The van der Waals surface area contributed by atoms with Gasteiger partial charge >= 0.3 is 0 Å². The molecular formula is C22H27ClN2O4S. The molecule has 0 bridgehead atoms. The molecule has 1 aliphatic rings. The third-order valence-corrected chi connectivity index (χ3v) is 7.12. The Kier molecular flexibility index (Phi) is 7.61. The number of amides is 1. The highest BCUT2D eigenvalue weighted by molar-refractivity contribution is 7.92. The molecule has 8 heteroatoms. The first kappa shape index (κ1) is 22.4. The van der Waals surface area contributed by atoms with E-state index >= 15 is 0 Å². The molecule has 0 saturated heterocycles. The lowest BCUT2D eigenvalue weighted by atomic mass is 9.95. The number of carbonyl (C=O) groups excluding carboxylic acids is 1. The van der Waals surface area contributed by atoms with Gasteiger partial charge in [-0.15, -0.1) is 0 Å². The zero-order valence-electron chi connectivity index (χ0n) is 17.0. The summed E-state index contributed by atoms with van der Waals surface area (Å²) in [6, 6.07) is 12.8. The molecule has 1 fully saturated rings. The molecule has 2 aromatic carbocycles. The zero-order valence-corrected chi connectivity index (χ0v) is 18.6. The standard InChI is InChI=1S/C22H27ClN2O4S/c1-2-29-21-11-7-6-10-20(21)25(16-22(26)24-18-8-4-3-5-9-18)30(27,28)19-14-12-17(23)13-15-19/h6-7,10-15,18H,2-5,8-9,16H2,1H3,(H,24,26). The Hall–Kier alpha value is -2.25. The average Bonchev–Trinajstić information content (AvgIpc) is 2.74. The van der Waals surface area contributed by atoms with Crippen LogP contribution in [0.2, 0.25) is 5.02 Å². The summed E-state index contributed by atoms with van der Waals surface area (Å²) in [4.78, 5) is 12.9. The first-order valence-electron chi connectivity index (χ1n) is 10.2. The third-order valence-electron chi connectivity index (χ3n) is 5.09. The summed E-state index contributed by atoms with van der Waals surface area (Å²) in [5.74, 6) is 0.0775. The Morgan fingerprint density at radius 1 is 1.10 bits per heavy atom. The Morgan fingerprint density at radius 3 is 2.43 bits per heavy atom. The number of halogens is 1. The maximum atomic E-state index is 13.5. The van der Waals surface area contributed by atoms with Crippen molar-refractivity contribution < 1.29 is 17.9 Å². The van der Waals surface area contributed by atoms with Gasteiger partial charge in [0.25, 0.3) is 10.0 Å². The van der Waals surface area contributed by atoms with Crippen LogP contribution in [-0.2, 0) is 14.8 Å². The summed E-state index contributed by atoms with van der Waals surface area (Å²) in [6.45, 7) is 1.87. The number of hydrogen-bond donors (Lipinski definition) is 1. The summed E-state index contributed by atoms with van der Waals surface area (Å²) in [5, 5.41) is 3.43. The number of benzene rings is 2. The van der Waals surface area contributed by atoms with Gasteiger partial charge in [0.2, 0.25) is 5.91 Å². The highest BCUT2D eigenvalue weighted by Crippen LogP contribution is 2.32. The van der Waals surface area contributed by atoms with Crippen molar-refractivity contribution in [2.75, 3.05) is 17.5 Å². The van der Waals surface area contributed by atoms with E-state index in [2.05, 4.69) is 5.32 Å². The van der Waals surface area contributed by atoms with Crippen LogP contribution in [0.3, 0.4) is 0 Å². The molecule has 1 saturated carbocycles. The van der Waals surface area contributed by atoms with E-state index in [-0.39, 0.29) is 23.4 Å². The van der Waals surface area contributed by atoms with Gasteiger partial charge in [0, 0.05) is 11.1 Å². The Morgan fingerprint density at radius 2 is 1.77 bits per heavy atom. The zero-order chi connectivity index (χ0) is 21.6. The molecule has 0 heterocycles. The molecule has 1 amide bonds. The second-order valence-electron chi connectivity index (χ2n) is 7.27. The fourth-order valence-corrected chi connectivity index (χ4v) is 5.18. The number of para-hydroxylation sites is 2. The number of sulfonamides is 1. The lowest BCUT2D eigenvalue weighted by Crippen LogP contribution is -2.45. The first-order valence-corrected chi connectivity index (χ1v) is 12.0. The molecule has 0 radical (unpaired) electrons. The predicted molar refractivity (Wildman–Crippen MR) is 119 cm³/mol. The number of carbonyl (C=O) groups is 1. The van der Waals surface area contributed by atoms with E-state index in [1.54, 1.807) is 24.3 Å². The van der Waals surface area contributed by atoms with Crippen LogP contribution in [0.25, 0.3) is 0 Å². The minimum absolute atomic E-state index is 0.0590. The topological polar surface area (TPSA) is 75.7 Å². The van der Waals surface area contributed by atoms with E-state index < -0.39 is 10.0 Å². The molecule has 1 aliphatic carbocycles. The number of anilines is 1. The van der Waals surface area contributed by atoms with Crippen molar-refractivity contribution in [2.45, 2.75) is 50.0 Å². The quantitative estimate of drug-likeness (QED) is 0.647. The molecule has 30 heavy (non-hydrogen) atoms. The van der Waals surface area contributed by atoms with E-state index in [0.717, 1.165) is 30.0 Å². The molecular weight excluding hydrogens is 424 g/mol. The molecule has 0 spiro atoms. The van der Waals surface area contributed by atoms with E-state index in [1.807, 2.05) is 6.92 Å². The van der Waals surface area contributed by atoms with Gasteiger partial charge in [-0.2, -0.15) is 0 Å². The van der Waals surface area contributed by atoms with E-state index in [4.69, 9.17) is 16.3 Å². The summed E-state index contributed by atoms with van der Waals surface area (Å²) in [5.41, 5.74) is 0.327. The van der Waals surface area contributed by atoms with Crippen molar-refractivity contribution >= 4 is 33.2 Å². The summed E-state index contributed by atoms with van der Waals surface area (Å²) < 4.78 is 33.7. The number of nitrogens with zero attached hydrogens (tertiary/aromatic N) is 1. The van der Waals surface area contributed by atoms with Gasteiger partial charge in [0.05, 0.1) is 17.2 Å². The SMILES string of the molecule is CCOc1ccccc1N(CC(=O)NC1CCCCC1)S(=O)(=O)c1ccc(Cl)cc1. The smallest absolute Gasteiger partial charge is 0.264 e. The molecule has 0 atom stereocenters. The van der Waals surface area contributed by atoms with Crippen molar-refractivity contribution in [1.29, 1.82) is 0 Å². The van der Waals surface area contributed by atoms with E-state index in [9.17, 15) is 13.2 Å². The average molecular weight is 451 g/mol. The fraction of sp³-hybridized carbons (Fsp3) is 0.409. The number of ether oxygens (including phenoxy) is 1. The van der Waals surface area contributed by atoms with Crippen molar-refractivity contribution in [3.63, 3.8) is 0 Å². The lowest BCUT2D eigenvalue weighted by Gasteiger charge is -2.28. The van der Waals surface area contributed by atoms with Crippen molar-refractivity contribution in [3.8, 4) is 5.75 Å². The van der Waals surface area contributed by atoms with Crippen LogP contribution in [0.4, 0.5) is 5.69 Å². The summed E-state index contributed by atoms with van der Waals surface area (Å²) in [6.07, 6.45) is 5.16. The molecule has 0 unspecified atom stereocenters. The summed E-state index contributed by atoms with van der Waals surface area (Å²) >= 11 is 5.93. The largest absolute Gasteiger partial charge is 0.492 e. The monoisotopic (exact) mass is 450 g/mol. The Bertz CT molecular complexity index is 957. The minimum Gasteiger partial charge on any atom is -0.492 e. The van der Waals surface area contributed by atoms with Gasteiger partial charge in [0.1, 0.15) is 12.3 Å². The van der Waals surface area contributed by atoms with Gasteiger partial charge in [0.15, 0.2) is 0 Å². The highest BCUT2D eigenvalue weighted by atomic mass is 35.5. The maximum Gasteiger partial charge on any atom is 0.264 e. The molecule has 6 nitrogen and oxygen atoms in total. The van der Waals surface area contributed by atoms with E-state index in [0.29, 0.717) is 23.1 Å². The van der Waals surface area contributed by atoms with Crippen molar-refractivity contribution in [3.05, 3.63) is 53.6 Å². The predicted octanol–water partition coefficient (Wildman–Crippen LogP) is 4.38. The van der Waals surface area contributed by atoms with Crippen LogP contribution >= 0.6 is 11.6 Å². The Labute approximate surface area is 183 Å². The van der Waals surface area contributed by atoms with Crippen LogP contribution in [0.15, 0.2) is 53.4 Å². The first-order chi connectivity index (χ1) is 14.4. The Balaban J connectivity index is 1.94. The van der Waals surface area contributed by atoms with Crippen LogP contribution in [-0.4, -0.2) is 33.5 Å². The number of hydrogen-bond acceptors (Lipinski definition) is 4. The van der Waals surface area contributed by atoms with Gasteiger partial charge in [-0.25, -0.2) is 8.42 Å². The van der Waals surface area contributed by atoms with Crippen molar-refractivity contribution in [2.24, 2.45) is 0 Å². The van der Waals surface area contributed by atoms with Crippen LogP contribution in [0.1, 0.15) is 39.0 Å². The molecule has 2 aromatic rings. The van der Waals surface area contributed by atoms with Crippen LogP contribution in [0, 0.1) is 0 Å². The third kappa shape index (κ3) is 5.46. The molecule has 1 N–H and O–H groups in total. The summed E-state index contributed by atoms with van der Waals surface area (Å²) in [7, 11) is -4.01. The lowest BCUT2D eigenvalue weighted by molar-refractivity contribution is -0.120. The normalized spacial score (nSPS) is 14.9. The molecule has 0 aliphatic heterocycles. The van der Waals surface area contributed by atoms with Gasteiger partial charge in [-0.3, -0.25) is 9.10 Å². The second-order valence-corrected chi connectivity index (χ2v) is 9.57. The van der Waals surface area contributed by atoms with E-state index in [1.165, 1.54) is 30.7 Å². The van der Waals surface area contributed by atoms with Crippen LogP contribution in [0.5, 0.6) is 5.75 Å². The second kappa shape index (κ2) is 10.2. The molecule has 0 aromatic heterocycles. The van der Waals surface area contributed by atoms with Gasteiger partial charge in [-0.1, -0.05) is 43.0 Å². The highest BCUT2D eigenvalue weighted by Gasteiger charge is 2.30. The molecule has 162 valence electrons. The van der Waals surface area contributed by atoms with Crippen LogP contribution < -0.4 is 14.4 Å². The van der Waals surface area contributed by atoms with Gasteiger partial charge < -0.3 is 10.1 Å². The fourth-order valence-electron chi connectivity index (χ4n) is 3.62. The van der Waals surface area contributed by atoms with Crippen molar-refractivity contribution in [1.82, 2.24) is 5.32 Å². The molecule has 3 rings (SSSR count).